The molecule has 0 unspecified atom stereocenters. The number of hydrogen-bond donors (Lipinski definition) is 6. The Labute approximate surface area is 299 Å². The Kier molecular flexibility index (Phi) is 14.6. The Morgan fingerprint density at radius 2 is 1.75 bits per heavy atom. The molecule has 276 valence electrons. The summed E-state index contributed by atoms with van der Waals surface area (Å²) in [6.07, 6.45) is 3.49. The fourth-order valence-electron chi connectivity index (χ4n) is 5.72. The molecule has 1 heterocycles. The molecule has 5 atom stereocenters. The highest BCUT2D eigenvalue weighted by molar-refractivity contribution is 6.09. The zero-order chi connectivity index (χ0) is 38.0. The molecule has 3 rings (SSSR count). The maximum Gasteiger partial charge on any atom is 0.405 e. The molecule has 0 aromatic heterocycles. The van der Waals surface area contributed by atoms with Crippen LogP contribution in [0.2, 0.25) is 0 Å². The lowest BCUT2D eigenvalue weighted by atomic mass is 9.91. The zero-order valence-corrected chi connectivity index (χ0v) is 30.4. The molecule has 2 aromatic carbocycles. The molecule has 0 aliphatic carbocycles. The van der Waals surface area contributed by atoms with Crippen molar-refractivity contribution < 1.29 is 43.9 Å². The molecule has 3 amide bonds. The van der Waals surface area contributed by atoms with Crippen molar-refractivity contribution in [3.8, 4) is 11.5 Å². The fraction of sp³-hybridized carbons (Fsp3) is 0.395. The van der Waals surface area contributed by atoms with Crippen molar-refractivity contribution in [1.29, 1.82) is 0 Å². The summed E-state index contributed by atoms with van der Waals surface area (Å²) in [6.45, 7) is 7.46. The number of nitrogens with zero attached hydrogens (tertiary/aromatic N) is 1. The highest BCUT2D eigenvalue weighted by Crippen LogP contribution is 2.42. The second kappa shape index (κ2) is 18.3. The van der Waals surface area contributed by atoms with E-state index in [1.54, 1.807) is 64.1 Å². The molecule has 0 saturated heterocycles. The quantitative estimate of drug-likeness (QED) is 0.128. The summed E-state index contributed by atoms with van der Waals surface area (Å²) in [4.78, 5) is 40.4. The van der Waals surface area contributed by atoms with Gasteiger partial charge in [-0.25, -0.2) is 4.79 Å². The van der Waals surface area contributed by atoms with Crippen LogP contribution in [0, 0.1) is 5.92 Å². The first-order chi connectivity index (χ1) is 24.1. The number of rotatable bonds is 7. The number of aliphatic hydroxyl groups excluding tert-OH is 1. The van der Waals surface area contributed by atoms with Crippen molar-refractivity contribution >= 4 is 35.4 Å². The summed E-state index contributed by atoms with van der Waals surface area (Å²) in [7, 11) is 6.76. The standard InChI is InChI=1S/C38H50N4O9/c1-21-16-27-32(41-37(47)26-14-12-25(13-15-26)20-42(5)6)29(43)19-28(34(27)45)40-36(46)22(2)10-9-11-30(49-7)35(51-38(39)48)24(4)18-23(3)33(44)31(17-21)50-8/h9-16,18-19,23,30-31,33,35,43-45H,17,20H2,1-8H3,(H2,39,48)(H,40,46)(H,41,47)/t23-,30-,31-,33+,35-/m0/s1. The first kappa shape index (κ1) is 40.5. The minimum absolute atomic E-state index is 0.0299. The smallest absolute Gasteiger partial charge is 0.405 e. The third-order valence-corrected chi connectivity index (χ3v) is 8.45. The number of primary amides is 1. The number of allylic oxidation sites excluding steroid dienone is 2. The summed E-state index contributed by atoms with van der Waals surface area (Å²) in [5.74, 6) is -2.46. The Morgan fingerprint density at radius 3 is 2.33 bits per heavy atom. The van der Waals surface area contributed by atoms with Crippen LogP contribution < -0.4 is 16.4 Å². The molecule has 0 fully saturated rings. The highest BCUT2D eigenvalue weighted by atomic mass is 16.6. The van der Waals surface area contributed by atoms with Crippen molar-refractivity contribution in [3.63, 3.8) is 0 Å². The SMILES string of the molecule is CO[C@H]1C=CC=C(C)C(=O)Nc2cc(O)c(NC(=O)c3ccc(CN(C)C)cc3)c(c2O)C=C(C)C[C@H](OC)[C@H](O)[C@@H](C)C=C(C)[C@@H]1OC(N)=O. The molecular weight excluding hydrogens is 656 g/mol. The van der Waals surface area contributed by atoms with Gasteiger partial charge >= 0.3 is 6.09 Å². The minimum Gasteiger partial charge on any atom is -0.506 e. The van der Waals surface area contributed by atoms with Gasteiger partial charge in [-0.15, -0.1) is 0 Å². The topological polar surface area (TPSA) is 193 Å². The normalized spacial score (nSPS) is 22.0. The number of carbonyl (C=O) groups is 3. The number of anilines is 2. The maximum atomic E-state index is 13.4. The van der Waals surface area contributed by atoms with Gasteiger partial charge in [-0.2, -0.15) is 0 Å². The lowest BCUT2D eigenvalue weighted by Gasteiger charge is -2.28. The van der Waals surface area contributed by atoms with E-state index in [0.717, 1.165) is 11.6 Å². The number of nitrogens with two attached hydrogens (primary N) is 1. The first-order valence-electron chi connectivity index (χ1n) is 16.4. The largest absolute Gasteiger partial charge is 0.506 e. The third-order valence-electron chi connectivity index (χ3n) is 8.45. The van der Waals surface area contributed by atoms with Crippen LogP contribution in [-0.2, 0) is 25.5 Å². The summed E-state index contributed by atoms with van der Waals surface area (Å²) in [5, 5.41) is 39.4. The van der Waals surface area contributed by atoms with Gasteiger partial charge in [0.1, 0.15) is 17.6 Å². The molecule has 1 aliphatic rings. The van der Waals surface area contributed by atoms with Gasteiger partial charge in [0, 0.05) is 49.4 Å². The van der Waals surface area contributed by atoms with Crippen molar-refractivity contribution in [2.24, 2.45) is 11.7 Å². The number of aromatic hydroxyl groups is 2. The van der Waals surface area contributed by atoms with E-state index >= 15 is 0 Å². The van der Waals surface area contributed by atoms with Crippen LogP contribution in [-0.4, -0.2) is 90.9 Å². The average Bonchev–Trinajstić information content (AvgIpc) is 3.07. The molecule has 13 heteroatoms. The molecule has 13 nitrogen and oxygen atoms in total. The number of methoxy groups -OCH3 is 2. The van der Waals surface area contributed by atoms with E-state index < -0.39 is 59.7 Å². The van der Waals surface area contributed by atoms with Gasteiger partial charge in [-0.3, -0.25) is 9.59 Å². The van der Waals surface area contributed by atoms with Gasteiger partial charge in [0.05, 0.1) is 23.6 Å². The second-order valence-corrected chi connectivity index (χ2v) is 12.9. The molecular formula is C38H50N4O9. The predicted octanol–water partition coefficient (Wildman–Crippen LogP) is 5.10. The van der Waals surface area contributed by atoms with Crippen LogP contribution in [0.1, 0.15) is 55.6 Å². The van der Waals surface area contributed by atoms with E-state index in [4.69, 9.17) is 19.9 Å². The fourth-order valence-corrected chi connectivity index (χ4v) is 5.72. The molecule has 0 spiro atoms. The number of benzene rings is 2. The molecule has 0 saturated carbocycles. The van der Waals surface area contributed by atoms with Crippen LogP contribution >= 0.6 is 0 Å². The van der Waals surface area contributed by atoms with E-state index in [1.807, 2.05) is 31.1 Å². The van der Waals surface area contributed by atoms with Gasteiger partial charge in [0.25, 0.3) is 11.8 Å². The number of phenolic OH excluding ortho intramolecular Hbond substituents is 2. The number of ether oxygens (including phenoxy) is 3. The number of nitrogens with one attached hydrogen (secondary N) is 2. The van der Waals surface area contributed by atoms with Gasteiger partial charge in [0.15, 0.2) is 6.10 Å². The van der Waals surface area contributed by atoms with E-state index in [2.05, 4.69) is 10.6 Å². The van der Waals surface area contributed by atoms with E-state index in [0.29, 0.717) is 23.3 Å². The van der Waals surface area contributed by atoms with Gasteiger partial charge in [0.2, 0.25) is 0 Å². The van der Waals surface area contributed by atoms with Crippen LogP contribution in [0.4, 0.5) is 16.2 Å². The van der Waals surface area contributed by atoms with Gasteiger partial charge < -0.3 is 50.8 Å². The molecule has 51 heavy (non-hydrogen) atoms. The number of amides is 3. The number of phenols is 2. The molecule has 1 aliphatic heterocycles. The Balaban J connectivity index is 2.15. The third kappa shape index (κ3) is 11.0. The lowest BCUT2D eigenvalue weighted by molar-refractivity contribution is -0.112. The summed E-state index contributed by atoms with van der Waals surface area (Å²) >= 11 is 0. The van der Waals surface area contributed by atoms with Crippen LogP contribution in [0.25, 0.3) is 6.08 Å². The van der Waals surface area contributed by atoms with Crippen LogP contribution in [0.5, 0.6) is 11.5 Å². The zero-order valence-electron chi connectivity index (χ0n) is 30.4. The maximum absolute atomic E-state index is 13.4. The summed E-state index contributed by atoms with van der Waals surface area (Å²) in [6, 6.07) is 8.14. The van der Waals surface area contributed by atoms with Crippen molar-refractivity contribution in [3.05, 3.63) is 88.0 Å². The minimum atomic E-state index is -1.05. The van der Waals surface area contributed by atoms with E-state index in [9.17, 15) is 29.7 Å². The molecule has 7 N–H and O–H groups in total. The highest BCUT2D eigenvalue weighted by Gasteiger charge is 2.29. The van der Waals surface area contributed by atoms with Gasteiger partial charge in [-0.05, 0) is 70.6 Å². The van der Waals surface area contributed by atoms with Crippen molar-refractivity contribution in [2.75, 3.05) is 38.9 Å². The molecule has 2 bridgehead atoms. The predicted molar refractivity (Wildman–Crippen MR) is 196 cm³/mol. The Morgan fingerprint density at radius 1 is 1.08 bits per heavy atom. The molecule has 2 aromatic rings. The number of aliphatic hydroxyl groups is 1. The lowest BCUT2D eigenvalue weighted by Crippen LogP contribution is -2.36. The van der Waals surface area contributed by atoms with Gasteiger partial charge in [-0.1, -0.05) is 48.9 Å². The number of fused-ring (bicyclic) bond motifs is 2. The van der Waals surface area contributed by atoms with E-state index in [1.165, 1.54) is 20.3 Å². The Bertz CT molecular complexity index is 1700. The number of hydrogen-bond acceptors (Lipinski definition) is 10. The average molecular weight is 707 g/mol. The van der Waals surface area contributed by atoms with Crippen molar-refractivity contribution in [2.45, 2.75) is 65.1 Å². The van der Waals surface area contributed by atoms with Crippen LogP contribution in [0.3, 0.4) is 0 Å². The summed E-state index contributed by atoms with van der Waals surface area (Å²) in [5.41, 5.74) is 7.92. The van der Waals surface area contributed by atoms with Crippen LogP contribution in [0.15, 0.2) is 71.4 Å². The van der Waals surface area contributed by atoms with Crippen molar-refractivity contribution in [1.82, 2.24) is 4.90 Å². The van der Waals surface area contributed by atoms with E-state index in [-0.39, 0.29) is 28.9 Å². The second-order valence-electron chi connectivity index (χ2n) is 12.9. The first-order valence-corrected chi connectivity index (χ1v) is 16.4. The summed E-state index contributed by atoms with van der Waals surface area (Å²) < 4.78 is 16.7. The Hall–Kier alpha value is -4.95. The number of carbonyl (C=O) groups excluding carboxylic acids is 3. The molecule has 0 radical (unpaired) electrons. The monoisotopic (exact) mass is 706 g/mol.